The van der Waals surface area contributed by atoms with Crippen LogP contribution in [0.1, 0.15) is 11.1 Å². The summed E-state index contributed by atoms with van der Waals surface area (Å²) in [5, 5.41) is 0. The Morgan fingerprint density at radius 3 is 2.50 bits per heavy atom. The molecule has 1 heterocycles. The van der Waals surface area contributed by atoms with Crippen molar-refractivity contribution in [1.82, 2.24) is 9.80 Å². The van der Waals surface area contributed by atoms with E-state index in [0.717, 1.165) is 23.3 Å². The molecule has 0 aliphatic carbocycles. The lowest BCUT2D eigenvalue weighted by Crippen LogP contribution is -2.47. The summed E-state index contributed by atoms with van der Waals surface area (Å²) in [5.41, 5.74) is 2.02. The van der Waals surface area contributed by atoms with Crippen molar-refractivity contribution in [2.24, 2.45) is 0 Å². The predicted octanol–water partition coefficient (Wildman–Crippen LogP) is 2.58. The van der Waals surface area contributed by atoms with Gasteiger partial charge in [0.1, 0.15) is 12.4 Å². The summed E-state index contributed by atoms with van der Waals surface area (Å²) in [5.74, 6) is 0.731. The monoisotopic (exact) mass is 350 g/mol. The van der Waals surface area contributed by atoms with E-state index >= 15 is 0 Å². The second kappa shape index (κ2) is 8.85. The molecule has 0 radical (unpaired) electrons. The Bertz CT molecular complexity index is 766. The Balaban J connectivity index is 1.55. The zero-order valence-corrected chi connectivity index (χ0v) is 14.6. The first kappa shape index (κ1) is 17.7. The van der Waals surface area contributed by atoms with E-state index in [0.29, 0.717) is 32.8 Å². The number of hydrogen-bond donors (Lipinski definition) is 0. The molecule has 1 aliphatic rings. The highest BCUT2D eigenvalue weighted by Gasteiger charge is 2.18. The Labute approximate surface area is 153 Å². The second-order valence-electron chi connectivity index (χ2n) is 6.15. The first-order valence-corrected chi connectivity index (χ1v) is 8.68. The fraction of sp³-hybridized carbons (Fsp3) is 0.238. The van der Waals surface area contributed by atoms with Gasteiger partial charge in [-0.1, -0.05) is 42.5 Å². The van der Waals surface area contributed by atoms with Crippen molar-refractivity contribution in [3.63, 3.8) is 0 Å². The van der Waals surface area contributed by atoms with Crippen LogP contribution >= 0.6 is 0 Å². The molecule has 134 valence electrons. The van der Waals surface area contributed by atoms with E-state index in [1.54, 1.807) is 22.0 Å². The van der Waals surface area contributed by atoms with Crippen LogP contribution in [0.15, 0.2) is 60.7 Å². The number of amides is 2. The van der Waals surface area contributed by atoms with Crippen LogP contribution in [0.4, 0.5) is 0 Å². The standard InChI is InChI=1S/C21H22N2O3/c24-17-22-11-13-23(14-12-22)21(25)10-9-18-7-4-8-20(15-18)26-16-19-5-2-1-3-6-19/h1-10,15,17H,11-14,16H2/b10-9+. The maximum absolute atomic E-state index is 12.3. The van der Waals surface area contributed by atoms with Crippen LogP contribution in [0.5, 0.6) is 5.75 Å². The van der Waals surface area contributed by atoms with E-state index in [4.69, 9.17) is 4.74 Å². The van der Waals surface area contributed by atoms with Gasteiger partial charge < -0.3 is 14.5 Å². The molecule has 0 N–H and O–H groups in total. The third-order valence-electron chi connectivity index (χ3n) is 4.30. The summed E-state index contributed by atoms with van der Waals surface area (Å²) in [6.07, 6.45) is 4.20. The van der Waals surface area contributed by atoms with Crippen LogP contribution in [0.2, 0.25) is 0 Å². The summed E-state index contributed by atoms with van der Waals surface area (Å²) < 4.78 is 5.81. The molecule has 2 aromatic carbocycles. The van der Waals surface area contributed by atoms with Gasteiger partial charge in [-0.25, -0.2) is 0 Å². The van der Waals surface area contributed by atoms with Crippen molar-refractivity contribution in [3.8, 4) is 5.75 Å². The van der Waals surface area contributed by atoms with E-state index in [2.05, 4.69) is 0 Å². The average molecular weight is 350 g/mol. The third-order valence-corrected chi connectivity index (χ3v) is 4.30. The Kier molecular flexibility index (Phi) is 6.04. The van der Waals surface area contributed by atoms with Crippen LogP contribution < -0.4 is 4.74 Å². The number of rotatable bonds is 6. The summed E-state index contributed by atoms with van der Waals surface area (Å²) in [6.45, 7) is 2.83. The molecule has 5 nitrogen and oxygen atoms in total. The highest BCUT2D eigenvalue weighted by Crippen LogP contribution is 2.16. The van der Waals surface area contributed by atoms with Gasteiger partial charge in [0.2, 0.25) is 12.3 Å². The highest BCUT2D eigenvalue weighted by molar-refractivity contribution is 5.92. The van der Waals surface area contributed by atoms with Crippen molar-refractivity contribution >= 4 is 18.4 Å². The van der Waals surface area contributed by atoms with Crippen LogP contribution in [0.25, 0.3) is 6.08 Å². The van der Waals surface area contributed by atoms with Crippen molar-refractivity contribution < 1.29 is 14.3 Å². The SMILES string of the molecule is O=CN1CCN(C(=O)/C=C/c2cccc(OCc3ccccc3)c2)CC1. The molecule has 0 unspecified atom stereocenters. The minimum atomic E-state index is -0.0360. The molecular formula is C21H22N2O3. The zero-order chi connectivity index (χ0) is 18.2. The summed E-state index contributed by atoms with van der Waals surface area (Å²) in [4.78, 5) is 26.4. The highest BCUT2D eigenvalue weighted by atomic mass is 16.5. The molecular weight excluding hydrogens is 328 g/mol. The van der Waals surface area contributed by atoms with Gasteiger partial charge in [0, 0.05) is 32.3 Å². The maximum Gasteiger partial charge on any atom is 0.246 e. The number of hydrogen-bond acceptors (Lipinski definition) is 3. The first-order valence-electron chi connectivity index (χ1n) is 8.68. The Morgan fingerprint density at radius 1 is 1.00 bits per heavy atom. The molecule has 3 rings (SSSR count). The largest absolute Gasteiger partial charge is 0.489 e. The number of carbonyl (C=O) groups excluding carboxylic acids is 2. The lowest BCUT2D eigenvalue weighted by Gasteiger charge is -2.31. The van der Waals surface area contributed by atoms with Crippen LogP contribution in [-0.4, -0.2) is 48.3 Å². The molecule has 0 spiro atoms. The third kappa shape index (κ3) is 4.96. The van der Waals surface area contributed by atoms with E-state index in [1.165, 1.54) is 0 Å². The second-order valence-corrected chi connectivity index (χ2v) is 6.15. The maximum atomic E-state index is 12.3. The fourth-order valence-electron chi connectivity index (χ4n) is 2.77. The topological polar surface area (TPSA) is 49.9 Å². The predicted molar refractivity (Wildman–Crippen MR) is 100 cm³/mol. The van der Waals surface area contributed by atoms with Gasteiger partial charge in [0.15, 0.2) is 0 Å². The van der Waals surface area contributed by atoms with E-state index in [9.17, 15) is 9.59 Å². The molecule has 1 aliphatic heterocycles. The molecule has 0 aromatic heterocycles. The van der Waals surface area contributed by atoms with Crippen LogP contribution in [0, 0.1) is 0 Å². The van der Waals surface area contributed by atoms with Crippen molar-refractivity contribution in [2.75, 3.05) is 26.2 Å². The number of piperazine rings is 1. The minimum Gasteiger partial charge on any atom is -0.489 e. The number of nitrogens with zero attached hydrogens (tertiary/aromatic N) is 2. The van der Waals surface area contributed by atoms with Gasteiger partial charge in [-0.05, 0) is 29.3 Å². The van der Waals surface area contributed by atoms with E-state index < -0.39 is 0 Å². The van der Waals surface area contributed by atoms with Gasteiger partial charge in [-0.3, -0.25) is 9.59 Å². The normalized spacial score (nSPS) is 14.5. The molecule has 2 aromatic rings. The van der Waals surface area contributed by atoms with E-state index in [-0.39, 0.29) is 5.91 Å². The molecule has 0 bridgehead atoms. The molecule has 1 saturated heterocycles. The van der Waals surface area contributed by atoms with E-state index in [1.807, 2.05) is 54.6 Å². The van der Waals surface area contributed by atoms with Crippen molar-refractivity contribution in [2.45, 2.75) is 6.61 Å². The summed E-state index contributed by atoms with van der Waals surface area (Å²) >= 11 is 0. The smallest absolute Gasteiger partial charge is 0.246 e. The number of carbonyl (C=O) groups is 2. The van der Waals surface area contributed by atoms with Gasteiger partial charge >= 0.3 is 0 Å². The van der Waals surface area contributed by atoms with Crippen molar-refractivity contribution in [3.05, 3.63) is 71.8 Å². The molecule has 1 fully saturated rings. The van der Waals surface area contributed by atoms with Crippen molar-refractivity contribution in [1.29, 1.82) is 0 Å². The summed E-state index contributed by atoms with van der Waals surface area (Å²) in [7, 11) is 0. The lowest BCUT2D eigenvalue weighted by molar-refractivity contribution is -0.130. The molecule has 0 saturated carbocycles. The summed E-state index contributed by atoms with van der Waals surface area (Å²) in [6, 6.07) is 17.6. The zero-order valence-electron chi connectivity index (χ0n) is 14.6. The van der Waals surface area contributed by atoms with Gasteiger partial charge in [-0.2, -0.15) is 0 Å². The number of benzene rings is 2. The van der Waals surface area contributed by atoms with Crippen LogP contribution in [-0.2, 0) is 16.2 Å². The molecule has 5 heteroatoms. The van der Waals surface area contributed by atoms with Crippen LogP contribution in [0.3, 0.4) is 0 Å². The van der Waals surface area contributed by atoms with Gasteiger partial charge in [-0.15, -0.1) is 0 Å². The molecule has 0 atom stereocenters. The number of ether oxygens (including phenoxy) is 1. The Hall–Kier alpha value is -3.08. The lowest BCUT2D eigenvalue weighted by atomic mass is 10.2. The fourth-order valence-corrected chi connectivity index (χ4v) is 2.77. The quantitative estimate of drug-likeness (QED) is 0.594. The molecule has 2 amide bonds. The first-order chi connectivity index (χ1) is 12.7. The Morgan fingerprint density at radius 2 is 1.77 bits per heavy atom. The van der Waals surface area contributed by atoms with Gasteiger partial charge in [0.05, 0.1) is 0 Å². The van der Waals surface area contributed by atoms with Gasteiger partial charge in [0.25, 0.3) is 0 Å². The average Bonchev–Trinajstić information content (AvgIpc) is 2.71. The molecule has 26 heavy (non-hydrogen) atoms. The minimum absolute atomic E-state index is 0.0360.